The third-order valence-electron chi connectivity index (χ3n) is 45.0. The van der Waals surface area contributed by atoms with Crippen LogP contribution in [0.5, 0.6) is 0 Å². The molecule has 0 amide bonds. The first-order valence-electron chi connectivity index (χ1n) is 54.1. The molecule has 1 N–H and O–H groups in total. The van der Waals surface area contributed by atoms with Crippen molar-refractivity contribution in [1.29, 1.82) is 0 Å². The van der Waals surface area contributed by atoms with Crippen molar-refractivity contribution in [2.45, 2.75) is 509 Å². The monoisotopic (exact) mass is 1890 g/mol. The molecule has 738 valence electrons. The van der Waals surface area contributed by atoms with Crippen LogP contribution in [0, 0.1) is 114 Å². The van der Waals surface area contributed by atoms with Crippen LogP contribution in [-0.4, -0.2) is 110 Å². The van der Waals surface area contributed by atoms with Gasteiger partial charge < -0.3 is 36.5 Å². The van der Waals surface area contributed by atoms with E-state index in [4.69, 9.17) is 26.6 Å². The summed E-state index contributed by atoms with van der Waals surface area (Å²) in [6.45, 7) is 94.8. The predicted octanol–water partition coefficient (Wildman–Crippen LogP) is 32.7. The summed E-state index contributed by atoms with van der Waals surface area (Å²) in [6, 6.07) is 0. The molecule has 16 aliphatic carbocycles. The summed E-state index contributed by atoms with van der Waals surface area (Å²) < 4.78 is 42.2. The molecule has 0 aromatic heterocycles. The Bertz CT molecular complexity index is 4090. The van der Waals surface area contributed by atoms with Crippen molar-refractivity contribution in [2.24, 2.45) is 114 Å². The number of rotatable bonds is 16. The lowest BCUT2D eigenvalue weighted by atomic mass is 9.47. The number of hydrogen-bond donors (Lipinski definition) is 1. The van der Waals surface area contributed by atoms with Crippen LogP contribution in [0.1, 0.15) is 358 Å². The molecule has 27 atom stereocenters. The third kappa shape index (κ3) is 18.7. The van der Waals surface area contributed by atoms with Gasteiger partial charge in [0.05, 0.1) is 35.9 Å². The fourth-order valence-corrected chi connectivity index (χ4v) is 39.3. The Labute approximate surface area is 805 Å². The minimum absolute atomic E-state index is 0.0938. The van der Waals surface area contributed by atoms with Gasteiger partial charge in [-0.3, -0.25) is 4.79 Å². The van der Waals surface area contributed by atoms with Crippen molar-refractivity contribution in [3.63, 3.8) is 0 Å². The molecular weight excluding hydrogens is 1690 g/mol. The second-order valence-corrected chi connectivity index (χ2v) is 85.8. The van der Waals surface area contributed by atoms with Gasteiger partial charge in [0.15, 0.2) is 55.7 Å². The second-order valence-electron chi connectivity index (χ2n) is 57.3. The van der Waals surface area contributed by atoms with Crippen LogP contribution in [0.25, 0.3) is 0 Å². The first-order valence-corrected chi connectivity index (χ1v) is 71.5. The van der Waals surface area contributed by atoms with E-state index in [1.807, 2.05) is 6.08 Å². The highest BCUT2D eigenvalue weighted by molar-refractivity contribution is 6.76. The molecule has 0 spiro atoms. The Balaban J connectivity index is 0.000000148. The SMILES string of the molecule is C=C[C@]12CCC(=O)C=C1CCC1C2CC[C@@]2(C)C1CC[C@@H]2O[Si](C)(C)C(C)(C)C.C=C[C@]12CC[C@H](O)CC1=CCC1C2CC[C@@]2(C)C1CC[C@@H]2O[Si](C)(C)C(C)(C)C.C=C[C@]12CC[C@H](O[Si](C)(C)C(C)(C)C)CC1=CCC1C2CC[C@@]2(C)C1CC[C@@H]2O[Si](C)(C)C(C)(C)C.CC(C)(C)[Si](C)(C)O[C@H]1CC[C@@]2(C=O)C(=CCC3C2CC[C@@]2(C)C3CC[C@@H]2O[Si](C)(C)C(C)(C)C)C1. The Morgan fingerprint density at radius 1 is 0.315 bits per heavy atom. The average Bonchev–Trinajstić information content (AvgIpc) is 1.39. The maximum Gasteiger partial charge on any atom is 0.192 e. The number of aliphatic hydroxyl groups excluding tert-OH is 1. The van der Waals surface area contributed by atoms with E-state index in [0.717, 1.165) is 112 Å². The van der Waals surface area contributed by atoms with Crippen LogP contribution >= 0.6 is 0 Å². The number of carbonyl (C=O) groups excluding carboxylic acids is 2. The van der Waals surface area contributed by atoms with Gasteiger partial charge in [-0.1, -0.05) is 211 Å². The van der Waals surface area contributed by atoms with Gasteiger partial charge >= 0.3 is 0 Å². The zero-order valence-corrected chi connectivity index (χ0v) is 96.6. The number of ketones is 1. The smallest absolute Gasteiger partial charge is 0.192 e. The van der Waals surface area contributed by atoms with Gasteiger partial charge in [0.25, 0.3) is 0 Å². The zero-order chi connectivity index (χ0) is 96.4. The highest BCUT2D eigenvalue weighted by atomic mass is 28.4. The van der Waals surface area contributed by atoms with E-state index in [0.29, 0.717) is 82.6 Å². The summed E-state index contributed by atoms with van der Waals surface area (Å²) >= 11 is 0. The molecule has 0 aromatic rings. The van der Waals surface area contributed by atoms with E-state index < -0.39 is 49.9 Å². The molecule has 16 rings (SSSR count). The number of carbonyl (C=O) groups is 2. The molecule has 12 saturated carbocycles. The molecular formula is C115H200O9Si6. The quantitative estimate of drug-likeness (QED) is 0.0918. The highest BCUT2D eigenvalue weighted by Gasteiger charge is 2.68. The predicted molar refractivity (Wildman–Crippen MR) is 564 cm³/mol. The Morgan fingerprint density at radius 2 is 0.585 bits per heavy atom. The largest absolute Gasteiger partial charge is 0.414 e. The van der Waals surface area contributed by atoms with E-state index in [9.17, 15) is 14.7 Å². The van der Waals surface area contributed by atoms with Gasteiger partial charge in [-0.25, -0.2) is 0 Å². The van der Waals surface area contributed by atoms with Crippen LogP contribution in [0.3, 0.4) is 0 Å². The molecule has 12 unspecified atom stereocenters. The number of allylic oxidation sites excluding steroid dienone is 7. The van der Waals surface area contributed by atoms with Gasteiger partial charge in [-0.2, -0.15) is 0 Å². The topological polar surface area (TPSA) is 110 Å². The molecule has 9 nitrogen and oxygen atoms in total. The maximum absolute atomic E-state index is 13.0. The number of aliphatic hydroxyl groups is 1. The molecule has 15 heteroatoms. The van der Waals surface area contributed by atoms with Crippen LogP contribution in [0.2, 0.25) is 109 Å². The molecule has 0 radical (unpaired) electrons. The Hall–Kier alpha value is -1.46. The normalized spacial score (nSPS) is 41.5. The van der Waals surface area contributed by atoms with Crippen molar-refractivity contribution >= 4 is 62.0 Å². The van der Waals surface area contributed by atoms with Gasteiger partial charge in [-0.15, -0.1) is 19.7 Å². The molecule has 0 aliphatic heterocycles. The summed E-state index contributed by atoms with van der Waals surface area (Å²) in [5, 5.41) is 11.8. The lowest BCUT2D eigenvalue weighted by Crippen LogP contribution is -2.55. The van der Waals surface area contributed by atoms with E-state index >= 15 is 0 Å². The zero-order valence-electron chi connectivity index (χ0n) is 90.6. The molecule has 0 bridgehead atoms. The summed E-state index contributed by atoms with van der Waals surface area (Å²) in [6.07, 6.45) is 57.7. The number of aldehydes is 1. The Morgan fingerprint density at radius 3 is 0.900 bits per heavy atom. The Kier molecular flexibility index (Phi) is 29.7. The fraction of sp³-hybridized carbons (Fsp3) is 0.861. The van der Waals surface area contributed by atoms with E-state index in [1.165, 1.54) is 158 Å². The van der Waals surface area contributed by atoms with Gasteiger partial charge in [0.1, 0.15) is 6.29 Å². The summed E-state index contributed by atoms with van der Waals surface area (Å²) in [5.74, 6) is 8.97. The highest BCUT2D eigenvalue weighted by Crippen LogP contribution is 2.73. The molecule has 0 saturated heterocycles. The first-order chi connectivity index (χ1) is 59.6. The maximum atomic E-state index is 13.0. The van der Waals surface area contributed by atoms with E-state index in [2.05, 4.69) is 287 Å². The summed E-state index contributed by atoms with van der Waals surface area (Å²) in [5.41, 5.74) is 7.47. The van der Waals surface area contributed by atoms with Crippen molar-refractivity contribution in [2.75, 3.05) is 0 Å². The minimum atomic E-state index is -1.81. The van der Waals surface area contributed by atoms with Crippen molar-refractivity contribution < 1.29 is 41.3 Å². The molecule has 130 heavy (non-hydrogen) atoms. The lowest BCUT2D eigenvalue weighted by molar-refractivity contribution is -0.127. The standard InChI is InChI=1S/C32H58O2Si2.C31H56O3Si2.C26H44O2Si.C26H42O2Si/c1-13-32-21-18-24(33-35(9,10)29(2,3)4)22-23(32)14-15-25-26-16-17-28(31(26,8)20-19-27(25)32)34-36(11,12)30(5,6)7;1-28(2,3)35(8,9)33-23-16-19-31(21-32)22(20-23)12-13-24-25-14-15-27(30(25,7)18-17-26(24)31)34-36(10,11)29(4,5)6;2*1-8-26-16-13-19(27)17-18(26)9-10-20-21-11-12-23(25(21,5)15-14-22(20)26)28-29(6,7)24(2,3)4/h13-14,24-28H,1,15-22H2,2-12H3;12,21,23-27H,13-20H2,1-11H3;8-9,19-23,27H,1,10-17H2,2-7H3;8,17,20-23H,1,9-16H2,2-7H3/t24-,25?,26?,27?,28-,31-,32-;23-,24?,25?,26?,27-,30-,31+;19-,20?,21?,22?,23-,25-,26-;20?,21?,22?,23-,25-,26-/m0000/s1. The summed E-state index contributed by atoms with van der Waals surface area (Å²) in [4.78, 5) is 25.1. The molecule has 12 fully saturated rings. The first kappa shape index (κ1) is 106. The van der Waals surface area contributed by atoms with Crippen molar-refractivity contribution in [3.8, 4) is 0 Å². The number of hydrogen-bond acceptors (Lipinski definition) is 9. The van der Waals surface area contributed by atoms with Crippen LogP contribution in [0.4, 0.5) is 0 Å². The summed E-state index contributed by atoms with van der Waals surface area (Å²) in [7, 11) is -10.6. The van der Waals surface area contributed by atoms with Crippen LogP contribution < -0.4 is 0 Å². The average molecular weight is 1900 g/mol. The lowest BCUT2D eigenvalue weighted by Gasteiger charge is -2.59. The second kappa shape index (κ2) is 36.5. The van der Waals surface area contributed by atoms with Crippen LogP contribution in [0.15, 0.2) is 84.6 Å². The molecule has 0 aromatic carbocycles. The van der Waals surface area contributed by atoms with Gasteiger partial charge in [-0.05, 0) is 407 Å². The fourth-order valence-electron chi connectivity index (χ4n) is 30.7. The van der Waals surface area contributed by atoms with Gasteiger partial charge in [0, 0.05) is 34.9 Å². The van der Waals surface area contributed by atoms with Crippen molar-refractivity contribution in [1.82, 2.24) is 0 Å². The van der Waals surface area contributed by atoms with Gasteiger partial charge in [0.2, 0.25) is 0 Å². The third-order valence-corrected chi connectivity index (χ3v) is 72.0. The molecule has 0 heterocycles. The number of fused-ring (bicyclic) bond motifs is 20. The van der Waals surface area contributed by atoms with Crippen LogP contribution in [-0.2, 0) is 36.1 Å². The molecule has 16 aliphatic rings. The minimum Gasteiger partial charge on any atom is -0.414 e. The van der Waals surface area contributed by atoms with E-state index in [-0.39, 0.29) is 69.5 Å². The van der Waals surface area contributed by atoms with E-state index in [1.54, 1.807) is 5.57 Å². The van der Waals surface area contributed by atoms with Crippen molar-refractivity contribution in [3.05, 3.63) is 84.6 Å².